The smallest absolute Gasteiger partial charge is 0.269 e. The zero-order chi connectivity index (χ0) is 12.6. The van der Waals surface area contributed by atoms with Crippen LogP contribution in [0.4, 0.5) is 0 Å². The molecule has 2 aromatic rings. The topological polar surface area (TPSA) is 66.0 Å². The molecule has 0 aliphatic heterocycles. The van der Waals surface area contributed by atoms with Crippen LogP contribution in [-0.2, 0) is 0 Å². The first-order chi connectivity index (χ1) is 7.99. The second-order valence-corrected chi connectivity index (χ2v) is 4.81. The summed E-state index contributed by atoms with van der Waals surface area (Å²) < 4.78 is -0.0283. The van der Waals surface area contributed by atoms with E-state index in [-0.39, 0.29) is 10.3 Å². The van der Waals surface area contributed by atoms with Gasteiger partial charge in [0.1, 0.15) is 10.3 Å². The molecule has 0 saturated heterocycles. The molecule has 2 N–H and O–H groups in total. The molecule has 17 heavy (non-hydrogen) atoms. The highest BCUT2D eigenvalue weighted by molar-refractivity contribution is 9.10. The van der Waals surface area contributed by atoms with Crippen LogP contribution in [0.1, 0.15) is 0 Å². The minimum absolute atomic E-state index is 0.0283. The Morgan fingerprint density at radius 1 is 1.35 bits per heavy atom. The molecule has 1 heterocycles. The van der Waals surface area contributed by atoms with Crippen molar-refractivity contribution < 1.29 is 5.11 Å². The summed E-state index contributed by atoms with van der Waals surface area (Å²) in [5, 5.41) is 10.3. The lowest BCUT2D eigenvalue weighted by molar-refractivity contribution is 0.448. The highest BCUT2D eigenvalue weighted by atomic mass is 79.9. The Kier molecular flexibility index (Phi) is 3.42. The fourth-order valence-electron chi connectivity index (χ4n) is 1.25. The molecule has 0 aliphatic carbocycles. The van der Waals surface area contributed by atoms with Crippen molar-refractivity contribution in [2.24, 2.45) is 0 Å². The molecule has 0 spiro atoms. The number of aromatic hydroxyl groups is 1. The van der Waals surface area contributed by atoms with Gasteiger partial charge in [-0.2, -0.15) is 4.98 Å². The van der Waals surface area contributed by atoms with E-state index in [1.54, 1.807) is 18.2 Å². The lowest BCUT2D eigenvalue weighted by Gasteiger charge is -2.05. The Balaban J connectivity index is 2.69. The minimum atomic E-state index is -0.497. The maximum absolute atomic E-state index is 11.5. The van der Waals surface area contributed by atoms with Crippen LogP contribution < -0.4 is 5.56 Å². The number of hydrogen-bond acceptors (Lipinski definition) is 3. The average Bonchev–Trinajstić information content (AvgIpc) is 2.28. The van der Waals surface area contributed by atoms with E-state index in [0.29, 0.717) is 15.6 Å². The van der Waals surface area contributed by atoms with Gasteiger partial charge < -0.3 is 10.1 Å². The van der Waals surface area contributed by atoms with E-state index in [4.69, 9.17) is 23.2 Å². The summed E-state index contributed by atoms with van der Waals surface area (Å²) in [6.45, 7) is 0. The van der Waals surface area contributed by atoms with Crippen molar-refractivity contribution >= 4 is 39.1 Å². The van der Waals surface area contributed by atoms with E-state index >= 15 is 0 Å². The summed E-state index contributed by atoms with van der Waals surface area (Å²) in [6.07, 6.45) is 0. The van der Waals surface area contributed by atoms with Gasteiger partial charge in [-0.05, 0) is 34.1 Å². The highest BCUT2D eigenvalue weighted by Crippen LogP contribution is 2.29. The molecule has 1 aromatic carbocycles. The maximum Gasteiger partial charge on any atom is 0.269 e. The van der Waals surface area contributed by atoms with Crippen molar-refractivity contribution in [3.8, 4) is 17.3 Å². The SMILES string of the molecule is O=c1[nH]c(-c2cc(Cl)ccc2Cl)nc(O)c1Br. The molecule has 7 heteroatoms. The Morgan fingerprint density at radius 3 is 2.71 bits per heavy atom. The quantitative estimate of drug-likeness (QED) is 0.841. The van der Waals surface area contributed by atoms with Gasteiger partial charge in [-0.3, -0.25) is 4.79 Å². The van der Waals surface area contributed by atoms with Gasteiger partial charge in [0, 0.05) is 10.6 Å². The predicted octanol–water partition coefficient (Wildman–Crippen LogP) is 3.21. The first kappa shape index (κ1) is 12.4. The fourth-order valence-corrected chi connectivity index (χ4v) is 1.82. The molecule has 1 aromatic heterocycles. The molecule has 2 rings (SSSR count). The van der Waals surface area contributed by atoms with Crippen LogP contribution in [0.3, 0.4) is 0 Å². The van der Waals surface area contributed by atoms with Crippen molar-refractivity contribution in [3.63, 3.8) is 0 Å². The highest BCUT2D eigenvalue weighted by Gasteiger charge is 2.12. The Morgan fingerprint density at radius 2 is 2.06 bits per heavy atom. The number of nitrogens with one attached hydrogen (secondary N) is 1. The van der Waals surface area contributed by atoms with Crippen LogP contribution in [-0.4, -0.2) is 15.1 Å². The van der Waals surface area contributed by atoms with Crippen LogP contribution in [0, 0.1) is 0 Å². The number of hydrogen-bond donors (Lipinski definition) is 2. The summed E-state index contributed by atoms with van der Waals surface area (Å²) in [4.78, 5) is 17.8. The summed E-state index contributed by atoms with van der Waals surface area (Å²) in [5.74, 6) is -0.247. The molecule has 0 bridgehead atoms. The standard InChI is InChI=1S/C10H5BrCl2N2O2/c11-7-9(16)14-8(15-10(7)17)5-3-4(12)1-2-6(5)13/h1-3H,(H2,14,15,16,17). The molecule has 0 aliphatic rings. The van der Waals surface area contributed by atoms with Gasteiger partial charge in [-0.25, -0.2) is 0 Å². The van der Waals surface area contributed by atoms with Crippen LogP contribution in [0.25, 0.3) is 11.4 Å². The normalized spacial score (nSPS) is 10.5. The van der Waals surface area contributed by atoms with Crippen LogP contribution in [0.5, 0.6) is 5.88 Å². The summed E-state index contributed by atoms with van der Waals surface area (Å²) in [6, 6.07) is 4.75. The van der Waals surface area contributed by atoms with Gasteiger partial charge >= 0.3 is 0 Å². The van der Waals surface area contributed by atoms with Gasteiger partial charge in [0.2, 0.25) is 5.88 Å². The predicted molar refractivity (Wildman–Crippen MR) is 69.7 cm³/mol. The van der Waals surface area contributed by atoms with Crippen molar-refractivity contribution in [1.82, 2.24) is 9.97 Å². The Hall–Kier alpha value is -1.04. The van der Waals surface area contributed by atoms with Gasteiger partial charge in [0.05, 0.1) is 5.02 Å². The van der Waals surface area contributed by atoms with E-state index in [1.165, 1.54) is 0 Å². The van der Waals surface area contributed by atoms with Gasteiger partial charge in [0.15, 0.2) is 0 Å². The Bertz CT molecular complexity index is 643. The molecule has 0 saturated carbocycles. The number of aromatic amines is 1. The van der Waals surface area contributed by atoms with E-state index in [0.717, 1.165) is 0 Å². The average molecular weight is 336 g/mol. The number of rotatable bonds is 1. The molecule has 0 unspecified atom stereocenters. The molecule has 4 nitrogen and oxygen atoms in total. The van der Waals surface area contributed by atoms with E-state index in [9.17, 15) is 9.90 Å². The molecule has 0 radical (unpaired) electrons. The van der Waals surface area contributed by atoms with E-state index in [2.05, 4.69) is 25.9 Å². The molecular formula is C10H5BrCl2N2O2. The molecule has 0 amide bonds. The van der Waals surface area contributed by atoms with E-state index in [1.807, 2.05) is 0 Å². The second kappa shape index (κ2) is 4.68. The first-order valence-corrected chi connectivity index (χ1v) is 5.98. The van der Waals surface area contributed by atoms with Crippen molar-refractivity contribution in [2.45, 2.75) is 0 Å². The molecule has 88 valence electrons. The third-order valence-corrected chi connectivity index (χ3v) is 3.31. The van der Waals surface area contributed by atoms with Crippen molar-refractivity contribution in [3.05, 3.63) is 43.1 Å². The second-order valence-electron chi connectivity index (χ2n) is 3.18. The van der Waals surface area contributed by atoms with Crippen LogP contribution in [0.2, 0.25) is 10.0 Å². The molecular weight excluding hydrogens is 331 g/mol. The fraction of sp³-hybridized carbons (Fsp3) is 0. The van der Waals surface area contributed by atoms with Gasteiger partial charge in [-0.15, -0.1) is 0 Å². The zero-order valence-corrected chi connectivity index (χ0v) is 11.3. The third-order valence-electron chi connectivity index (χ3n) is 2.03. The number of nitrogens with zero attached hydrogens (tertiary/aromatic N) is 1. The van der Waals surface area contributed by atoms with Gasteiger partial charge in [-0.1, -0.05) is 23.2 Å². The first-order valence-electron chi connectivity index (χ1n) is 4.43. The monoisotopic (exact) mass is 334 g/mol. The summed E-state index contributed by atoms with van der Waals surface area (Å²) >= 11 is 14.7. The lowest BCUT2D eigenvalue weighted by Crippen LogP contribution is -2.09. The van der Waals surface area contributed by atoms with E-state index < -0.39 is 11.4 Å². The number of aromatic nitrogens is 2. The zero-order valence-electron chi connectivity index (χ0n) is 8.17. The lowest BCUT2D eigenvalue weighted by atomic mass is 10.2. The van der Waals surface area contributed by atoms with Gasteiger partial charge in [0.25, 0.3) is 5.56 Å². The van der Waals surface area contributed by atoms with Crippen LogP contribution in [0.15, 0.2) is 27.5 Å². The number of H-pyrrole nitrogens is 1. The third kappa shape index (κ3) is 2.46. The summed E-state index contributed by atoms with van der Waals surface area (Å²) in [7, 11) is 0. The van der Waals surface area contributed by atoms with Crippen molar-refractivity contribution in [1.29, 1.82) is 0 Å². The summed E-state index contributed by atoms with van der Waals surface area (Å²) in [5.41, 5.74) is -0.0531. The molecule has 0 atom stereocenters. The molecule has 0 fully saturated rings. The minimum Gasteiger partial charge on any atom is -0.492 e. The number of benzene rings is 1. The van der Waals surface area contributed by atoms with Crippen molar-refractivity contribution in [2.75, 3.05) is 0 Å². The maximum atomic E-state index is 11.5. The van der Waals surface area contributed by atoms with Crippen LogP contribution >= 0.6 is 39.1 Å². The Labute approximate surface area is 114 Å². The number of halogens is 3. The largest absolute Gasteiger partial charge is 0.492 e.